The first-order valence-corrected chi connectivity index (χ1v) is 11.3. The molecule has 10 heteroatoms. The Labute approximate surface area is 193 Å². The van der Waals surface area contributed by atoms with Crippen LogP contribution in [0.5, 0.6) is 0 Å². The zero-order chi connectivity index (χ0) is 23.9. The fraction of sp³-hybridized carbons (Fsp3) is 0.375. The van der Waals surface area contributed by atoms with Gasteiger partial charge < -0.3 is 15.5 Å². The molecule has 1 aliphatic carbocycles. The number of alkyl halides is 3. The van der Waals surface area contributed by atoms with E-state index in [0.29, 0.717) is 22.9 Å². The molecule has 0 bridgehead atoms. The van der Waals surface area contributed by atoms with Crippen molar-refractivity contribution in [2.45, 2.75) is 50.7 Å². The monoisotopic (exact) mass is 472 g/mol. The van der Waals surface area contributed by atoms with Crippen LogP contribution in [0.2, 0.25) is 0 Å². The second-order valence-electron chi connectivity index (χ2n) is 8.62. The summed E-state index contributed by atoms with van der Waals surface area (Å²) >= 11 is 0. The maximum Gasteiger partial charge on any atom is 0.493 e. The molecule has 3 aromatic rings. The van der Waals surface area contributed by atoms with Gasteiger partial charge in [-0.3, -0.25) is 4.79 Å². The number of anilines is 1. The van der Waals surface area contributed by atoms with Crippen LogP contribution in [0.25, 0.3) is 22.2 Å². The van der Waals surface area contributed by atoms with Gasteiger partial charge in [0, 0.05) is 30.0 Å². The van der Waals surface area contributed by atoms with Crippen LogP contribution >= 0.6 is 0 Å². The SMILES string of the molecule is O=C1NCCc2c1cc(-c1cccc3ccc(NC4CCCCC4)nc13)n2OC(=O)C(F)(F)F. The quantitative estimate of drug-likeness (QED) is 0.593. The molecule has 1 aliphatic heterocycles. The van der Waals surface area contributed by atoms with Crippen LogP contribution in [0.1, 0.15) is 48.2 Å². The number of hydrogen-bond acceptors (Lipinski definition) is 5. The summed E-state index contributed by atoms with van der Waals surface area (Å²) in [7, 11) is 0. The highest BCUT2D eigenvalue weighted by Gasteiger charge is 2.43. The summed E-state index contributed by atoms with van der Waals surface area (Å²) < 4.78 is 39.9. The molecule has 1 saturated carbocycles. The minimum Gasteiger partial charge on any atom is -0.367 e. The van der Waals surface area contributed by atoms with Gasteiger partial charge >= 0.3 is 12.1 Å². The second-order valence-corrected chi connectivity index (χ2v) is 8.62. The number of halogens is 3. The summed E-state index contributed by atoms with van der Waals surface area (Å²) in [5, 5.41) is 6.89. The molecule has 2 aliphatic rings. The van der Waals surface area contributed by atoms with Gasteiger partial charge in [0.2, 0.25) is 0 Å². The average Bonchev–Trinajstić information content (AvgIpc) is 3.18. The first-order chi connectivity index (χ1) is 16.3. The number of carbonyl (C=O) groups is 2. The van der Waals surface area contributed by atoms with E-state index in [2.05, 4.69) is 10.6 Å². The van der Waals surface area contributed by atoms with Crippen LogP contribution in [-0.4, -0.2) is 40.4 Å². The lowest BCUT2D eigenvalue weighted by molar-refractivity contribution is -0.199. The molecule has 2 N–H and O–H groups in total. The van der Waals surface area contributed by atoms with E-state index < -0.39 is 18.1 Å². The highest BCUT2D eigenvalue weighted by Crippen LogP contribution is 2.33. The fourth-order valence-electron chi connectivity index (χ4n) is 4.67. The topological polar surface area (TPSA) is 85.2 Å². The van der Waals surface area contributed by atoms with Gasteiger partial charge in [0.1, 0.15) is 5.82 Å². The summed E-state index contributed by atoms with van der Waals surface area (Å²) in [4.78, 5) is 33.7. The van der Waals surface area contributed by atoms with Crippen molar-refractivity contribution in [2.75, 3.05) is 11.9 Å². The van der Waals surface area contributed by atoms with E-state index in [9.17, 15) is 22.8 Å². The molecule has 7 nitrogen and oxygen atoms in total. The van der Waals surface area contributed by atoms with Gasteiger partial charge in [-0.2, -0.15) is 17.9 Å². The van der Waals surface area contributed by atoms with Crippen LogP contribution in [0.4, 0.5) is 19.0 Å². The van der Waals surface area contributed by atoms with Crippen molar-refractivity contribution in [1.29, 1.82) is 0 Å². The second kappa shape index (κ2) is 8.66. The standard InChI is InChI=1S/C24H23F3N4O3/c25-24(26,27)23(33)34-31-18-11-12-28-22(32)17(18)13-19(31)16-8-4-5-14-9-10-20(30-21(14)16)29-15-6-2-1-3-7-15/h4-5,8-10,13,15H,1-3,6-7,11-12H2,(H,28,32)(H,29,30). The first kappa shape index (κ1) is 22.2. The predicted octanol–water partition coefficient (Wildman–Crippen LogP) is 4.25. The Morgan fingerprint density at radius 2 is 1.91 bits per heavy atom. The molecule has 0 unspecified atom stereocenters. The van der Waals surface area contributed by atoms with E-state index >= 15 is 0 Å². The number of rotatable bonds is 4. The van der Waals surface area contributed by atoms with Crippen molar-refractivity contribution >= 4 is 28.6 Å². The summed E-state index contributed by atoms with van der Waals surface area (Å²) in [5.41, 5.74) is 1.53. The van der Waals surface area contributed by atoms with E-state index in [0.717, 1.165) is 35.8 Å². The Bertz CT molecular complexity index is 1260. The number of benzene rings is 1. The summed E-state index contributed by atoms with van der Waals surface area (Å²) in [5.74, 6) is -2.12. The molecule has 5 rings (SSSR count). The number of fused-ring (bicyclic) bond motifs is 2. The van der Waals surface area contributed by atoms with Crippen molar-refractivity contribution < 1.29 is 27.6 Å². The molecule has 34 heavy (non-hydrogen) atoms. The highest BCUT2D eigenvalue weighted by molar-refractivity contribution is 6.00. The van der Waals surface area contributed by atoms with Crippen molar-refractivity contribution in [2.24, 2.45) is 0 Å². The van der Waals surface area contributed by atoms with Crippen LogP contribution in [0, 0.1) is 0 Å². The molecule has 0 spiro atoms. The normalized spacial score (nSPS) is 16.7. The summed E-state index contributed by atoms with van der Waals surface area (Å²) in [6.45, 7) is 0.224. The maximum absolute atomic E-state index is 13.0. The van der Waals surface area contributed by atoms with E-state index in [4.69, 9.17) is 9.82 Å². The number of amides is 1. The van der Waals surface area contributed by atoms with Gasteiger partial charge in [0.25, 0.3) is 5.91 Å². The number of aromatic nitrogens is 2. The van der Waals surface area contributed by atoms with E-state index in [1.807, 2.05) is 18.2 Å². The Hall–Kier alpha value is -3.56. The maximum atomic E-state index is 13.0. The zero-order valence-electron chi connectivity index (χ0n) is 18.2. The van der Waals surface area contributed by atoms with E-state index in [-0.39, 0.29) is 29.9 Å². The lowest BCUT2D eigenvalue weighted by Gasteiger charge is -2.23. The largest absolute Gasteiger partial charge is 0.493 e. The molecule has 0 radical (unpaired) electrons. The van der Waals surface area contributed by atoms with Gasteiger partial charge in [-0.05, 0) is 31.0 Å². The molecule has 1 amide bonds. The first-order valence-electron chi connectivity index (χ1n) is 11.3. The number of carbonyl (C=O) groups excluding carboxylic acids is 2. The van der Waals surface area contributed by atoms with Crippen molar-refractivity contribution in [1.82, 2.24) is 15.0 Å². The Morgan fingerprint density at radius 3 is 2.68 bits per heavy atom. The van der Waals surface area contributed by atoms with Gasteiger partial charge in [0.15, 0.2) is 0 Å². The molecular formula is C24H23F3N4O3. The third kappa shape index (κ3) is 4.20. The number of para-hydroxylation sites is 1. The highest BCUT2D eigenvalue weighted by atomic mass is 19.4. The average molecular weight is 472 g/mol. The van der Waals surface area contributed by atoms with Crippen molar-refractivity contribution in [3.05, 3.63) is 47.7 Å². The molecule has 1 aromatic carbocycles. The van der Waals surface area contributed by atoms with Crippen LogP contribution in [0.15, 0.2) is 36.4 Å². The lowest BCUT2D eigenvalue weighted by Crippen LogP contribution is -2.37. The summed E-state index contributed by atoms with van der Waals surface area (Å²) in [6.07, 6.45) is 0.682. The Morgan fingerprint density at radius 1 is 1.12 bits per heavy atom. The molecular weight excluding hydrogens is 449 g/mol. The van der Waals surface area contributed by atoms with Gasteiger partial charge in [-0.1, -0.05) is 37.5 Å². The molecule has 1 fully saturated rings. The van der Waals surface area contributed by atoms with Crippen molar-refractivity contribution in [3.8, 4) is 11.3 Å². The Balaban J connectivity index is 1.61. The molecule has 178 valence electrons. The lowest BCUT2D eigenvalue weighted by atomic mass is 9.95. The smallest absolute Gasteiger partial charge is 0.367 e. The predicted molar refractivity (Wildman–Crippen MR) is 119 cm³/mol. The van der Waals surface area contributed by atoms with Crippen LogP contribution < -0.4 is 15.5 Å². The number of pyridine rings is 1. The third-order valence-electron chi connectivity index (χ3n) is 6.31. The van der Waals surface area contributed by atoms with E-state index in [1.54, 1.807) is 12.1 Å². The number of nitrogens with zero attached hydrogens (tertiary/aromatic N) is 2. The minimum atomic E-state index is -5.18. The molecule has 2 aromatic heterocycles. The van der Waals surface area contributed by atoms with Gasteiger partial charge in [-0.25, -0.2) is 9.78 Å². The number of hydrogen-bond donors (Lipinski definition) is 2. The fourth-order valence-corrected chi connectivity index (χ4v) is 4.67. The third-order valence-corrected chi connectivity index (χ3v) is 6.31. The van der Waals surface area contributed by atoms with Gasteiger partial charge in [-0.15, -0.1) is 0 Å². The van der Waals surface area contributed by atoms with Crippen molar-refractivity contribution in [3.63, 3.8) is 0 Å². The molecule has 0 saturated heterocycles. The summed E-state index contributed by atoms with van der Waals surface area (Å²) in [6, 6.07) is 10.8. The van der Waals surface area contributed by atoms with Gasteiger partial charge in [0.05, 0.1) is 22.5 Å². The molecule has 3 heterocycles. The molecule has 0 atom stereocenters. The number of nitrogens with one attached hydrogen (secondary N) is 2. The van der Waals surface area contributed by atoms with E-state index in [1.165, 1.54) is 12.5 Å². The van der Waals surface area contributed by atoms with Crippen LogP contribution in [0.3, 0.4) is 0 Å². The zero-order valence-corrected chi connectivity index (χ0v) is 18.2. The Kier molecular flexibility index (Phi) is 5.66. The van der Waals surface area contributed by atoms with Crippen LogP contribution in [-0.2, 0) is 11.2 Å². The minimum absolute atomic E-state index is 0.160.